The second-order valence-electron chi connectivity index (χ2n) is 4.09. The van der Waals surface area contributed by atoms with Crippen molar-refractivity contribution in [1.82, 2.24) is 14.8 Å². The first-order valence-electron chi connectivity index (χ1n) is 5.28. The van der Waals surface area contributed by atoms with Gasteiger partial charge in [0.25, 0.3) is 0 Å². The van der Waals surface area contributed by atoms with Crippen molar-refractivity contribution in [2.45, 2.75) is 25.8 Å². The molecule has 3 rings (SSSR count). The second kappa shape index (κ2) is 3.19. The van der Waals surface area contributed by atoms with Crippen molar-refractivity contribution in [3.63, 3.8) is 0 Å². The molecule has 0 radical (unpaired) electrons. The smallest absolute Gasteiger partial charge is 0.133 e. The van der Waals surface area contributed by atoms with Crippen LogP contribution < -0.4 is 0 Å². The molecule has 1 unspecified atom stereocenters. The van der Waals surface area contributed by atoms with Crippen molar-refractivity contribution in [3.05, 3.63) is 47.5 Å². The van der Waals surface area contributed by atoms with Crippen molar-refractivity contribution in [2.24, 2.45) is 0 Å². The maximum atomic E-state index is 4.19. The normalized spacial score (nSPS) is 19.1. The molecular weight excluding hydrogens is 186 g/mol. The van der Waals surface area contributed by atoms with Crippen LogP contribution in [0.3, 0.4) is 0 Å². The molecule has 0 saturated carbocycles. The van der Waals surface area contributed by atoms with Gasteiger partial charge in [0, 0.05) is 18.9 Å². The lowest BCUT2D eigenvalue weighted by atomic mass is 9.98. The summed E-state index contributed by atoms with van der Waals surface area (Å²) >= 11 is 0. The number of fused-ring (bicyclic) bond motifs is 1. The molecule has 3 nitrogen and oxygen atoms in total. The third kappa shape index (κ3) is 1.35. The van der Waals surface area contributed by atoms with Crippen molar-refractivity contribution in [3.8, 4) is 0 Å². The molecule has 0 aliphatic carbocycles. The minimum atomic E-state index is 0.579. The van der Waals surface area contributed by atoms with Crippen LogP contribution in [-0.4, -0.2) is 14.8 Å². The molecule has 15 heavy (non-hydrogen) atoms. The number of nitrogens with zero attached hydrogens (tertiary/aromatic N) is 3. The van der Waals surface area contributed by atoms with Crippen molar-refractivity contribution in [1.29, 1.82) is 0 Å². The molecule has 76 valence electrons. The molecule has 3 heteroatoms. The van der Waals surface area contributed by atoms with Crippen LogP contribution in [0.4, 0.5) is 0 Å². The van der Waals surface area contributed by atoms with E-state index < -0.39 is 0 Å². The summed E-state index contributed by atoms with van der Waals surface area (Å²) in [7, 11) is 0. The molecule has 0 amide bonds. The fourth-order valence-electron chi connectivity index (χ4n) is 2.27. The Balaban J connectivity index is 1.91. The molecule has 1 aliphatic heterocycles. The molecule has 1 atom stereocenters. The summed E-state index contributed by atoms with van der Waals surface area (Å²) in [5.41, 5.74) is 1.41. The van der Waals surface area contributed by atoms with Gasteiger partial charge in [-0.15, -0.1) is 10.2 Å². The summed E-state index contributed by atoms with van der Waals surface area (Å²) in [6.07, 6.45) is 1.02. The van der Waals surface area contributed by atoms with E-state index in [9.17, 15) is 0 Å². The average molecular weight is 199 g/mol. The number of hydrogen-bond acceptors (Lipinski definition) is 2. The van der Waals surface area contributed by atoms with Crippen LogP contribution in [0, 0.1) is 6.92 Å². The van der Waals surface area contributed by atoms with Gasteiger partial charge in [0.05, 0.1) is 0 Å². The van der Waals surface area contributed by atoms with Crippen LogP contribution in [0.5, 0.6) is 0 Å². The molecule has 0 saturated heterocycles. The van der Waals surface area contributed by atoms with E-state index in [1.54, 1.807) is 0 Å². The Bertz CT molecular complexity index is 473. The van der Waals surface area contributed by atoms with E-state index in [4.69, 9.17) is 0 Å². The molecule has 1 aromatic heterocycles. The van der Waals surface area contributed by atoms with Crippen LogP contribution in [-0.2, 0) is 13.0 Å². The van der Waals surface area contributed by atoms with E-state index in [1.165, 1.54) is 5.56 Å². The van der Waals surface area contributed by atoms with Gasteiger partial charge in [-0.25, -0.2) is 0 Å². The highest BCUT2D eigenvalue weighted by molar-refractivity contribution is 5.23. The average Bonchev–Trinajstić information content (AvgIpc) is 2.83. The maximum absolute atomic E-state index is 4.19. The summed E-state index contributed by atoms with van der Waals surface area (Å²) in [6.45, 7) is 3.04. The zero-order chi connectivity index (χ0) is 10.3. The summed E-state index contributed by atoms with van der Waals surface area (Å²) in [6, 6.07) is 10.6. The van der Waals surface area contributed by atoms with Crippen LogP contribution in [0.1, 0.15) is 23.1 Å². The zero-order valence-electron chi connectivity index (χ0n) is 8.72. The van der Waals surface area contributed by atoms with Crippen molar-refractivity contribution in [2.75, 3.05) is 0 Å². The molecule has 2 heterocycles. The summed E-state index contributed by atoms with van der Waals surface area (Å²) in [4.78, 5) is 0. The molecule has 2 aromatic rings. The molecule has 1 aromatic carbocycles. The Hall–Kier alpha value is -1.64. The largest absolute Gasteiger partial charge is 0.315 e. The van der Waals surface area contributed by atoms with E-state index in [0.717, 1.165) is 24.6 Å². The summed E-state index contributed by atoms with van der Waals surface area (Å²) < 4.78 is 2.22. The lowest BCUT2D eigenvalue weighted by molar-refractivity contribution is 0.632. The topological polar surface area (TPSA) is 30.7 Å². The fourth-order valence-corrected chi connectivity index (χ4v) is 2.27. The van der Waals surface area contributed by atoms with Gasteiger partial charge in [0.1, 0.15) is 11.6 Å². The quantitative estimate of drug-likeness (QED) is 0.702. The minimum Gasteiger partial charge on any atom is -0.315 e. The first kappa shape index (κ1) is 8.65. The van der Waals surface area contributed by atoms with Gasteiger partial charge in [-0.1, -0.05) is 30.3 Å². The summed E-state index contributed by atoms with van der Waals surface area (Å²) in [5.74, 6) is 2.74. The molecule has 0 fully saturated rings. The predicted molar refractivity (Wildman–Crippen MR) is 57.6 cm³/mol. The Morgan fingerprint density at radius 2 is 2.00 bits per heavy atom. The summed E-state index contributed by atoms with van der Waals surface area (Å²) in [5, 5.41) is 8.26. The number of aryl methyl sites for hydroxylation is 1. The first-order valence-corrected chi connectivity index (χ1v) is 5.28. The molecule has 0 N–H and O–H groups in total. The lowest BCUT2D eigenvalue weighted by Gasteiger charge is -2.08. The van der Waals surface area contributed by atoms with Gasteiger partial charge in [0.2, 0.25) is 0 Å². The second-order valence-corrected chi connectivity index (χ2v) is 4.09. The Morgan fingerprint density at radius 1 is 1.20 bits per heavy atom. The number of aromatic nitrogens is 3. The predicted octanol–water partition coefficient (Wildman–Crippen LogP) is 1.93. The van der Waals surface area contributed by atoms with Gasteiger partial charge in [-0.3, -0.25) is 0 Å². The third-order valence-electron chi connectivity index (χ3n) is 3.12. The van der Waals surface area contributed by atoms with Gasteiger partial charge in [0.15, 0.2) is 0 Å². The molecule has 0 spiro atoms. The van der Waals surface area contributed by atoms with Crippen molar-refractivity contribution >= 4 is 0 Å². The van der Waals surface area contributed by atoms with E-state index in [-0.39, 0.29) is 0 Å². The van der Waals surface area contributed by atoms with Crippen LogP contribution in [0.2, 0.25) is 0 Å². The minimum absolute atomic E-state index is 0.579. The molecular formula is C12H13N3. The van der Waals surface area contributed by atoms with Gasteiger partial charge >= 0.3 is 0 Å². The highest BCUT2D eigenvalue weighted by atomic mass is 15.3. The van der Waals surface area contributed by atoms with E-state index in [0.29, 0.717) is 5.92 Å². The first-order chi connectivity index (χ1) is 7.34. The zero-order valence-corrected chi connectivity index (χ0v) is 8.72. The van der Waals surface area contributed by atoms with Crippen molar-refractivity contribution < 1.29 is 0 Å². The van der Waals surface area contributed by atoms with Gasteiger partial charge in [-0.2, -0.15) is 0 Å². The highest BCUT2D eigenvalue weighted by Crippen LogP contribution is 2.28. The standard InChI is InChI=1S/C12H13N3/c1-9-13-14-12-7-11(8-15(9)12)10-5-3-2-4-6-10/h2-6,11H,7-8H2,1H3. The van der Waals surface area contributed by atoms with E-state index in [2.05, 4.69) is 45.1 Å². The lowest BCUT2D eigenvalue weighted by Crippen LogP contribution is -2.02. The fraction of sp³-hybridized carbons (Fsp3) is 0.333. The van der Waals surface area contributed by atoms with E-state index in [1.807, 2.05) is 6.92 Å². The van der Waals surface area contributed by atoms with Crippen LogP contribution in [0.15, 0.2) is 30.3 Å². The highest BCUT2D eigenvalue weighted by Gasteiger charge is 2.25. The third-order valence-corrected chi connectivity index (χ3v) is 3.12. The van der Waals surface area contributed by atoms with Crippen LogP contribution in [0.25, 0.3) is 0 Å². The molecule has 0 bridgehead atoms. The van der Waals surface area contributed by atoms with Gasteiger partial charge in [-0.05, 0) is 12.5 Å². The SMILES string of the molecule is Cc1nnc2n1CC(c1ccccc1)C2. The monoisotopic (exact) mass is 199 g/mol. The number of rotatable bonds is 1. The molecule has 1 aliphatic rings. The Morgan fingerprint density at radius 3 is 2.73 bits per heavy atom. The Kier molecular flexibility index (Phi) is 1.84. The van der Waals surface area contributed by atoms with Gasteiger partial charge < -0.3 is 4.57 Å². The van der Waals surface area contributed by atoms with E-state index >= 15 is 0 Å². The number of benzene rings is 1. The maximum Gasteiger partial charge on any atom is 0.133 e. The van der Waals surface area contributed by atoms with Crippen LogP contribution >= 0.6 is 0 Å². The number of hydrogen-bond donors (Lipinski definition) is 0. The Labute approximate surface area is 88.8 Å².